The zero-order chi connectivity index (χ0) is 15.6. The van der Waals surface area contributed by atoms with Gasteiger partial charge in [-0.05, 0) is 49.3 Å². The molecule has 1 saturated carbocycles. The van der Waals surface area contributed by atoms with Crippen molar-refractivity contribution in [1.29, 1.82) is 0 Å². The third-order valence-electron chi connectivity index (χ3n) is 4.83. The average molecular weight is 300 g/mol. The van der Waals surface area contributed by atoms with Crippen LogP contribution in [-0.4, -0.2) is 6.18 Å². The first kappa shape index (κ1) is 16.3. The van der Waals surface area contributed by atoms with Crippen LogP contribution >= 0.6 is 0 Å². The van der Waals surface area contributed by atoms with Crippen LogP contribution in [0.5, 0.6) is 0 Å². The Hall–Kier alpha value is -1.07. The Balaban J connectivity index is 2.36. The summed E-state index contributed by atoms with van der Waals surface area (Å²) in [5.41, 5.74) is 5.64. The lowest BCUT2D eigenvalue weighted by atomic mass is 9.72. The Morgan fingerprint density at radius 3 is 2.48 bits per heavy atom. The number of halogens is 3. The van der Waals surface area contributed by atoms with Gasteiger partial charge in [0.05, 0.1) is 5.92 Å². The van der Waals surface area contributed by atoms with Crippen molar-refractivity contribution in [2.24, 2.45) is 17.7 Å². The summed E-state index contributed by atoms with van der Waals surface area (Å²) in [4.78, 5) is 0. The van der Waals surface area contributed by atoms with Gasteiger partial charge in [0.2, 0.25) is 0 Å². The van der Waals surface area contributed by atoms with Crippen molar-refractivity contribution in [3.8, 4) is 0 Å². The summed E-state index contributed by atoms with van der Waals surface area (Å²) in [5.74, 6) is 3.88. The molecule has 0 aromatic heterocycles. The largest absolute Gasteiger partial charge is 0.392 e. The maximum absolute atomic E-state index is 13.3. The van der Waals surface area contributed by atoms with E-state index in [9.17, 15) is 13.2 Å². The van der Waals surface area contributed by atoms with Crippen LogP contribution in [0.1, 0.15) is 48.4 Å². The highest BCUT2D eigenvalue weighted by Crippen LogP contribution is 2.46. The summed E-state index contributed by atoms with van der Waals surface area (Å²) in [6.07, 6.45) is -1.91. The van der Waals surface area contributed by atoms with Gasteiger partial charge in [0.1, 0.15) is 0 Å². The molecule has 0 radical (unpaired) electrons. The molecule has 1 aliphatic rings. The second-order valence-corrected chi connectivity index (χ2v) is 6.03. The smallest absolute Gasteiger partial charge is 0.271 e. The molecule has 1 aromatic rings. The first-order valence-electron chi connectivity index (χ1n) is 7.45. The van der Waals surface area contributed by atoms with Gasteiger partial charge >= 0.3 is 6.18 Å². The van der Waals surface area contributed by atoms with Crippen LogP contribution in [-0.2, 0) is 0 Å². The van der Waals surface area contributed by atoms with Gasteiger partial charge in [-0.2, -0.15) is 13.2 Å². The van der Waals surface area contributed by atoms with Gasteiger partial charge in [-0.3, -0.25) is 11.3 Å². The Bertz CT molecular complexity index is 485. The van der Waals surface area contributed by atoms with E-state index in [-0.39, 0.29) is 6.42 Å². The van der Waals surface area contributed by atoms with Crippen LogP contribution < -0.4 is 11.3 Å². The minimum atomic E-state index is -4.15. The SMILES string of the molecule is Cc1cccc(C(NN)C2CCCCC2C(F)(F)F)c1C. The molecule has 2 rings (SSSR count). The maximum Gasteiger partial charge on any atom is 0.392 e. The van der Waals surface area contributed by atoms with E-state index in [1.54, 1.807) is 0 Å². The second kappa shape index (κ2) is 6.36. The van der Waals surface area contributed by atoms with Crippen molar-refractivity contribution in [3.05, 3.63) is 34.9 Å². The molecule has 0 saturated heterocycles. The summed E-state index contributed by atoms with van der Waals surface area (Å²) in [6, 6.07) is 5.29. The molecule has 2 nitrogen and oxygen atoms in total. The van der Waals surface area contributed by atoms with Crippen LogP contribution in [0, 0.1) is 25.7 Å². The molecule has 3 unspecified atom stereocenters. The molecule has 118 valence electrons. The summed E-state index contributed by atoms with van der Waals surface area (Å²) in [7, 11) is 0. The first-order valence-corrected chi connectivity index (χ1v) is 7.45. The molecule has 1 fully saturated rings. The van der Waals surface area contributed by atoms with Crippen LogP contribution in [0.4, 0.5) is 13.2 Å². The Labute approximate surface area is 123 Å². The average Bonchev–Trinajstić information content (AvgIpc) is 2.44. The highest BCUT2D eigenvalue weighted by Gasteiger charge is 2.48. The number of nitrogens with two attached hydrogens (primary N) is 1. The molecule has 3 N–H and O–H groups in total. The second-order valence-electron chi connectivity index (χ2n) is 6.03. The zero-order valence-corrected chi connectivity index (χ0v) is 12.5. The molecule has 0 aliphatic heterocycles. The molecule has 5 heteroatoms. The quantitative estimate of drug-likeness (QED) is 0.649. The molecule has 1 aliphatic carbocycles. The zero-order valence-electron chi connectivity index (χ0n) is 12.5. The Kier molecular flexibility index (Phi) is 4.94. The fraction of sp³-hybridized carbons (Fsp3) is 0.625. The number of aryl methyl sites for hydroxylation is 1. The van der Waals surface area contributed by atoms with Crippen LogP contribution in [0.25, 0.3) is 0 Å². The van der Waals surface area contributed by atoms with E-state index in [1.165, 1.54) is 0 Å². The van der Waals surface area contributed by atoms with Crippen LogP contribution in [0.15, 0.2) is 18.2 Å². The molecule has 1 aromatic carbocycles. The molecular weight excluding hydrogens is 277 g/mol. The summed E-state index contributed by atoms with van der Waals surface area (Å²) in [5, 5.41) is 0. The van der Waals surface area contributed by atoms with E-state index in [0.717, 1.165) is 23.1 Å². The number of alkyl halides is 3. The molecule has 0 heterocycles. The van der Waals surface area contributed by atoms with Gasteiger partial charge in [0, 0.05) is 6.04 Å². The minimum Gasteiger partial charge on any atom is -0.271 e. The third kappa shape index (κ3) is 3.40. The van der Waals surface area contributed by atoms with E-state index in [0.29, 0.717) is 12.8 Å². The van der Waals surface area contributed by atoms with Gasteiger partial charge in [-0.1, -0.05) is 31.0 Å². The van der Waals surface area contributed by atoms with Crippen molar-refractivity contribution < 1.29 is 13.2 Å². The van der Waals surface area contributed by atoms with Crippen LogP contribution in [0.3, 0.4) is 0 Å². The Morgan fingerprint density at radius 2 is 1.86 bits per heavy atom. The van der Waals surface area contributed by atoms with Crippen molar-refractivity contribution in [2.45, 2.75) is 51.7 Å². The van der Waals surface area contributed by atoms with Crippen molar-refractivity contribution >= 4 is 0 Å². The summed E-state index contributed by atoms with van der Waals surface area (Å²) >= 11 is 0. The van der Waals surface area contributed by atoms with Crippen LogP contribution in [0.2, 0.25) is 0 Å². The number of rotatable bonds is 3. The van der Waals surface area contributed by atoms with Gasteiger partial charge in [0.15, 0.2) is 0 Å². The molecule has 0 amide bonds. The van der Waals surface area contributed by atoms with E-state index >= 15 is 0 Å². The minimum absolute atomic E-state index is 0.206. The predicted octanol–water partition coefficient (Wildman–Crippen LogP) is 4.18. The van der Waals surface area contributed by atoms with Gasteiger partial charge in [-0.25, -0.2) is 0 Å². The van der Waals surface area contributed by atoms with Crippen molar-refractivity contribution in [1.82, 2.24) is 5.43 Å². The lowest BCUT2D eigenvalue weighted by Gasteiger charge is -2.38. The normalized spacial score (nSPS) is 24.9. The molecule has 21 heavy (non-hydrogen) atoms. The predicted molar refractivity (Wildman–Crippen MR) is 77.5 cm³/mol. The first-order chi connectivity index (χ1) is 9.86. The molecule has 0 spiro atoms. The topological polar surface area (TPSA) is 38.0 Å². The van der Waals surface area contributed by atoms with Gasteiger partial charge < -0.3 is 0 Å². The lowest BCUT2D eigenvalue weighted by molar-refractivity contribution is -0.199. The fourth-order valence-electron chi connectivity index (χ4n) is 3.52. The molecule has 3 atom stereocenters. The highest BCUT2D eigenvalue weighted by molar-refractivity contribution is 5.35. The fourth-order valence-corrected chi connectivity index (χ4v) is 3.52. The molecule has 0 bridgehead atoms. The van der Waals surface area contributed by atoms with E-state index < -0.39 is 24.1 Å². The summed E-state index contributed by atoms with van der Waals surface area (Å²) < 4.78 is 39.9. The highest BCUT2D eigenvalue weighted by atomic mass is 19.4. The standard InChI is InChI=1S/C16H23F3N2/c1-10-6-5-8-12(11(10)2)15(21-20)13-7-3-4-9-14(13)16(17,18)19/h5-6,8,13-15,21H,3-4,7,9,20H2,1-2H3. The lowest BCUT2D eigenvalue weighted by Crippen LogP contribution is -2.43. The Morgan fingerprint density at radius 1 is 1.19 bits per heavy atom. The number of nitrogens with one attached hydrogen (secondary N) is 1. The van der Waals surface area contributed by atoms with Crippen molar-refractivity contribution in [3.63, 3.8) is 0 Å². The number of hydrogen-bond donors (Lipinski definition) is 2. The summed E-state index contributed by atoms with van der Waals surface area (Å²) in [6.45, 7) is 3.91. The number of hydrogen-bond acceptors (Lipinski definition) is 2. The van der Waals surface area contributed by atoms with E-state index in [4.69, 9.17) is 5.84 Å². The van der Waals surface area contributed by atoms with E-state index in [2.05, 4.69) is 5.43 Å². The number of benzene rings is 1. The van der Waals surface area contributed by atoms with Gasteiger partial charge in [-0.15, -0.1) is 0 Å². The maximum atomic E-state index is 13.3. The number of hydrazine groups is 1. The van der Waals surface area contributed by atoms with Gasteiger partial charge in [0.25, 0.3) is 0 Å². The molecular formula is C16H23F3N2. The third-order valence-corrected chi connectivity index (χ3v) is 4.83. The van der Waals surface area contributed by atoms with E-state index in [1.807, 2.05) is 32.0 Å². The monoisotopic (exact) mass is 300 g/mol. The van der Waals surface area contributed by atoms with Crippen molar-refractivity contribution in [2.75, 3.05) is 0 Å².